The second-order valence-electron chi connectivity index (χ2n) is 4.24. The van der Waals surface area contributed by atoms with Crippen LogP contribution < -0.4 is 0 Å². The third-order valence-electron chi connectivity index (χ3n) is 2.40. The van der Waals surface area contributed by atoms with Crippen LogP contribution in [0.2, 0.25) is 0 Å². The quantitative estimate of drug-likeness (QED) is 0.520. The van der Waals surface area contributed by atoms with Crippen molar-refractivity contribution in [2.75, 3.05) is 0 Å². The molecule has 0 aliphatic heterocycles. The van der Waals surface area contributed by atoms with E-state index in [-0.39, 0.29) is 0 Å². The average Bonchev–Trinajstić information content (AvgIpc) is 2.81. The van der Waals surface area contributed by atoms with Gasteiger partial charge in [-0.2, -0.15) is 0 Å². The fourth-order valence-electron chi connectivity index (χ4n) is 1.62. The van der Waals surface area contributed by atoms with E-state index in [4.69, 9.17) is 5.11 Å². The summed E-state index contributed by atoms with van der Waals surface area (Å²) in [5, 5.41) is 11.3. The molecule has 0 aliphatic rings. The Hall–Kier alpha value is -1.66. The summed E-state index contributed by atoms with van der Waals surface area (Å²) in [6, 6.07) is 3.93. The lowest BCUT2D eigenvalue weighted by molar-refractivity contribution is -0.131. The first-order valence-corrected chi connectivity index (χ1v) is 7.83. The number of thioether (sulfide) groups is 1. The molecule has 0 bridgehead atoms. The molecule has 0 radical (unpaired) electrons. The Balaban J connectivity index is 1.99. The summed E-state index contributed by atoms with van der Waals surface area (Å²) in [5.74, 6) is -0.148. The van der Waals surface area contributed by atoms with Gasteiger partial charge in [-0.05, 0) is 43.0 Å². The topological polar surface area (TPSA) is 63.1 Å². The molecule has 0 amide bonds. The van der Waals surface area contributed by atoms with Gasteiger partial charge in [0.25, 0.3) is 0 Å². The van der Waals surface area contributed by atoms with Crippen LogP contribution >= 0.6 is 23.1 Å². The van der Waals surface area contributed by atoms with Gasteiger partial charge < -0.3 is 5.11 Å². The maximum Gasteiger partial charge on any atom is 0.328 e. The first kappa shape index (κ1) is 14.7. The largest absolute Gasteiger partial charge is 0.478 e. The average molecular weight is 306 g/mol. The zero-order valence-corrected chi connectivity index (χ0v) is 12.8. The van der Waals surface area contributed by atoms with Gasteiger partial charge in [-0.15, -0.1) is 11.3 Å². The molecule has 0 unspecified atom stereocenters. The Kier molecular flexibility index (Phi) is 4.92. The molecular formula is C14H14N2O2S2. The van der Waals surface area contributed by atoms with E-state index < -0.39 is 5.97 Å². The zero-order valence-electron chi connectivity index (χ0n) is 11.2. The number of hydrogen-bond acceptors (Lipinski definition) is 5. The Morgan fingerprint density at radius 1 is 1.35 bits per heavy atom. The van der Waals surface area contributed by atoms with Crippen LogP contribution in [0, 0.1) is 13.8 Å². The number of carboxylic acids is 1. The molecule has 2 heterocycles. The molecule has 0 aliphatic carbocycles. The van der Waals surface area contributed by atoms with Crippen LogP contribution in [0.15, 0.2) is 28.7 Å². The molecule has 2 rings (SSSR count). The predicted octanol–water partition coefficient (Wildman–Crippen LogP) is 3.55. The van der Waals surface area contributed by atoms with Gasteiger partial charge in [-0.25, -0.2) is 14.8 Å². The number of rotatable bonds is 5. The van der Waals surface area contributed by atoms with Gasteiger partial charge >= 0.3 is 5.97 Å². The van der Waals surface area contributed by atoms with Crippen LogP contribution in [0.25, 0.3) is 6.08 Å². The SMILES string of the molecule is Cc1cc(C)nc(SCc2cc(C=CC(=O)O)cs2)n1. The first-order chi connectivity index (χ1) is 9.52. The molecule has 4 nitrogen and oxygen atoms in total. The summed E-state index contributed by atoms with van der Waals surface area (Å²) in [6.45, 7) is 3.91. The number of aliphatic carboxylic acids is 1. The van der Waals surface area contributed by atoms with Gasteiger partial charge in [-0.3, -0.25) is 0 Å². The van der Waals surface area contributed by atoms with Crippen molar-refractivity contribution in [1.29, 1.82) is 0 Å². The minimum absolute atomic E-state index is 0.776. The highest BCUT2D eigenvalue weighted by molar-refractivity contribution is 7.98. The van der Waals surface area contributed by atoms with E-state index in [9.17, 15) is 4.79 Å². The number of carboxylic acid groups (broad SMARTS) is 1. The maximum absolute atomic E-state index is 10.4. The fourth-order valence-corrected chi connectivity index (χ4v) is 3.48. The van der Waals surface area contributed by atoms with Gasteiger partial charge in [0.1, 0.15) is 0 Å². The van der Waals surface area contributed by atoms with Crippen molar-refractivity contribution in [1.82, 2.24) is 9.97 Å². The summed E-state index contributed by atoms with van der Waals surface area (Å²) in [7, 11) is 0. The molecule has 1 N–H and O–H groups in total. The van der Waals surface area contributed by atoms with E-state index in [0.717, 1.165) is 33.9 Å². The smallest absolute Gasteiger partial charge is 0.328 e. The molecule has 0 atom stereocenters. The molecule has 2 aromatic rings. The highest BCUT2D eigenvalue weighted by atomic mass is 32.2. The van der Waals surface area contributed by atoms with E-state index in [1.165, 1.54) is 4.88 Å². The van der Waals surface area contributed by atoms with Crippen molar-refractivity contribution in [2.45, 2.75) is 24.8 Å². The maximum atomic E-state index is 10.4. The van der Waals surface area contributed by atoms with Gasteiger partial charge in [0, 0.05) is 28.1 Å². The van der Waals surface area contributed by atoms with Crippen molar-refractivity contribution < 1.29 is 9.90 Å². The number of aromatic nitrogens is 2. The van der Waals surface area contributed by atoms with E-state index in [1.807, 2.05) is 31.4 Å². The second kappa shape index (κ2) is 6.67. The van der Waals surface area contributed by atoms with Crippen LogP contribution in [0.1, 0.15) is 21.8 Å². The number of aryl methyl sites for hydroxylation is 2. The molecule has 0 spiro atoms. The van der Waals surface area contributed by atoms with Crippen LogP contribution in [0.5, 0.6) is 0 Å². The highest BCUT2D eigenvalue weighted by Crippen LogP contribution is 2.25. The third-order valence-corrected chi connectivity index (χ3v) is 4.43. The third kappa shape index (κ3) is 4.47. The predicted molar refractivity (Wildman–Crippen MR) is 82.1 cm³/mol. The molecule has 0 aromatic carbocycles. The summed E-state index contributed by atoms with van der Waals surface area (Å²) in [6.07, 6.45) is 2.74. The summed E-state index contributed by atoms with van der Waals surface area (Å²) >= 11 is 3.20. The van der Waals surface area contributed by atoms with Gasteiger partial charge in [-0.1, -0.05) is 11.8 Å². The lowest BCUT2D eigenvalue weighted by Crippen LogP contribution is -1.92. The summed E-state index contributed by atoms with van der Waals surface area (Å²) < 4.78 is 0. The van der Waals surface area contributed by atoms with Gasteiger partial charge in [0.05, 0.1) is 0 Å². The molecule has 0 saturated heterocycles. The number of thiophene rings is 1. The molecule has 2 aromatic heterocycles. The monoisotopic (exact) mass is 306 g/mol. The Bertz CT molecular complexity index is 630. The molecule has 104 valence electrons. The van der Waals surface area contributed by atoms with Crippen LogP contribution in [0.3, 0.4) is 0 Å². The Morgan fingerprint density at radius 3 is 2.70 bits per heavy atom. The van der Waals surface area contributed by atoms with Gasteiger partial charge in [0.2, 0.25) is 0 Å². The Morgan fingerprint density at radius 2 is 2.05 bits per heavy atom. The lowest BCUT2D eigenvalue weighted by Gasteiger charge is -2.01. The summed E-state index contributed by atoms with van der Waals surface area (Å²) in [5.41, 5.74) is 2.85. The minimum atomic E-state index is -0.934. The zero-order chi connectivity index (χ0) is 14.5. The summed E-state index contributed by atoms with van der Waals surface area (Å²) in [4.78, 5) is 20.4. The molecule has 0 fully saturated rings. The number of nitrogens with zero attached hydrogens (tertiary/aromatic N) is 2. The Labute approximate surface area is 125 Å². The van der Waals surface area contributed by atoms with Crippen LogP contribution in [-0.4, -0.2) is 21.0 Å². The fraction of sp³-hybridized carbons (Fsp3) is 0.214. The minimum Gasteiger partial charge on any atom is -0.478 e. The highest BCUT2D eigenvalue weighted by Gasteiger charge is 2.03. The van der Waals surface area contributed by atoms with E-state index in [1.54, 1.807) is 29.2 Å². The number of hydrogen-bond donors (Lipinski definition) is 1. The van der Waals surface area contributed by atoms with Crippen LogP contribution in [0.4, 0.5) is 0 Å². The van der Waals surface area contributed by atoms with Crippen molar-refractivity contribution in [3.05, 3.63) is 45.4 Å². The van der Waals surface area contributed by atoms with E-state index in [2.05, 4.69) is 9.97 Å². The van der Waals surface area contributed by atoms with E-state index in [0.29, 0.717) is 0 Å². The van der Waals surface area contributed by atoms with Crippen molar-refractivity contribution >= 4 is 35.1 Å². The first-order valence-electron chi connectivity index (χ1n) is 5.96. The van der Waals surface area contributed by atoms with Crippen molar-refractivity contribution in [3.63, 3.8) is 0 Å². The second-order valence-corrected chi connectivity index (χ2v) is 6.18. The number of carbonyl (C=O) groups is 1. The molecule has 20 heavy (non-hydrogen) atoms. The normalized spacial score (nSPS) is 11.1. The van der Waals surface area contributed by atoms with Gasteiger partial charge in [0.15, 0.2) is 5.16 Å². The molecule has 6 heteroatoms. The van der Waals surface area contributed by atoms with Crippen molar-refractivity contribution in [3.8, 4) is 0 Å². The molecular weight excluding hydrogens is 292 g/mol. The lowest BCUT2D eigenvalue weighted by atomic mass is 10.3. The molecule has 0 saturated carbocycles. The van der Waals surface area contributed by atoms with Crippen LogP contribution in [-0.2, 0) is 10.5 Å². The van der Waals surface area contributed by atoms with Crippen molar-refractivity contribution in [2.24, 2.45) is 0 Å². The van der Waals surface area contributed by atoms with E-state index >= 15 is 0 Å². The standard InChI is InChI=1S/C14H14N2O2S2/c1-9-5-10(2)16-14(15-9)20-8-12-6-11(7-19-12)3-4-13(17)18/h3-7H,8H2,1-2H3,(H,17,18).